The van der Waals surface area contributed by atoms with Crippen LogP contribution in [0.3, 0.4) is 0 Å². The highest BCUT2D eigenvalue weighted by molar-refractivity contribution is 6.07. The number of methoxy groups -OCH3 is 2. The fourth-order valence-electron chi connectivity index (χ4n) is 3.98. The van der Waals surface area contributed by atoms with Gasteiger partial charge in [0.25, 0.3) is 0 Å². The zero-order valence-electron chi connectivity index (χ0n) is 23.2. The number of nitrogens with zero attached hydrogens (tertiary/aromatic N) is 6. The molecule has 0 aliphatic carbocycles. The third-order valence-electron chi connectivity index (χ3n) is 5.99. The van der Waals surface area contributed by atoms with Crippen LogP contribution in [0.25, 0.3) is 0 Å². The van der Waals surface area contributed by atoms with Crippen molar-refractivity contribution < 1.29 is 9.47 Å². The van der Waals surface area contributed by atoms with E-state index < -0.39 is 0 Å². The number of rotatable bonds is 12. The second-order valence-electron chi connectivity index (χ2n) is 7.94. The molecule has 206 valence electrons. The first-order valence-corrected chi connectivity index (χ1v) is 12.4. The maximum Gasteiger partial charge on any atom is 0.225 e. The number of aliphatic imine (C=N–C) groups is 2. The van der Waals surface area contributed by atoms with E-state index in [9.17, 15) is 0 Å². The van der Waals surface area contributed by atoms with Gasteiger partial charge in [0, 0.05) is 45.4 Å². The molecule has 0 heterocycles. The van der Waals surface area contributed by atoms with Crippen molar-refractivity contribution in [3.8, 4) is 11.5 Å². The zero-order valence-corrected chi connectivity index (χ0v) is 23.2. The van der Waals surface area contributed by atoms with Crippen LogP contribution in [-0.4, -0.2) is 59.4 Å². The second-order valence-corrected chi connectivity index (χ2v) is 7.94. The molecule has 0 atom stereocenters. The van der Waals surface area contributed by atoms with Gasteiger partial charge in [-0.15, -0.1) is 0 Å². The number of nitrogens with two attached hydrogens (primary N) is 1. The Hall–Kier alpha value is -4.42. The maximum absolute atomic E-state index is 7.64. The summed E-state index contributed by atoms with van der Waals surface area (Å²) in [5.74, 6) is 1.44. The molecule has 0 spiro atoms. The lowest BCUT2D eigenvalue weighted by Crippen LogP contribution is -2.27. The molecule has 0 saturated heterocycles. The summed E-state index contributed by atoms with van der Waals surface area (Å²) in [6.07, 6.45) is 0. The van der Waals surface area contributed by atoms with Gasteiger partial charge in [-0.25, -0.2) is 11.1 Å². The van der Waals surface area contributed by atoms with Crippen LogP contribution in [0.4, 0.5) is 34.1 Å². The molecule has 0 aromatic heterocycles. The summed E-state index contributed by atoms with van der Waals surface area (Å²) < 4.78 is 11.1. The van der Waals surface area contributed by atoms with Crippen LogP contribution in [0.5, 0.6) is 11.5 Å². The summed E-state index contributed by atoms with van der Waals surface area (Å²) in [6.45, 7) is 11.3. The molecule has 0 saturated carbocycles. The summed E-state index contributed by atoms with van der Waals surface area (Å²) in [5, 5.41) is 13.4. The van der Waals surface area contributed by atoms with E-state index in [1.165, 1.54) is 0 Å². The van der Waals surface area contributed by atoms with Crippen LogP contribution in [0, 0.1) is 11.1 Å². The molecule has 13 nitrogen and oxygen atoms in total. The van der Waals surface area contributed by atoms with Crippen molar-refractivity contribution in [3.05, 3.63) is 24.3 Å². The first-order valence-electron chi connectivity index (χ1n) is 12.4. The SMILES string of the molecule is CCN(CC)c1cc(NC(N)=NC(=NC)Nc2cc(N(CC)CC)c(OC)cc2N=N)c(N=N)cc1OC. The molecule has 0 bridgehead atoms. The van der Waals surface area contributed by atoms with Gasteiger partial charge in [0.1, 0.15) is 22.9 Å². The van der Waals surface area contributed by atoms with Gasteiger partial charge in [-0.1, -0.05) is 0 Å². The van der Waals surface area contributed by atoms with Crippen molar-refractivity contribution >= 4 is 46.0 Å². The lowest BCUT2D eigenvalue weighted by atomic mass is 10.2. The van der Waals surface area contributed by atoms with E-state index in [1.807, 2.05) is 26.0 Å². The van der Waals surface area contributed by atoms with Gasteiger partial charge in [0.05, 0.1) is 37.0 Å². The van der Waals surface area contributed by atoms with E-state index in [0.29, 0.717) is 34.2 Å². The van der Waals surface area contributed by atoms with E-state index in [0.717, 1.165) is 37.6 Å². The third-order valence-corrected chi connectivity index (χ3v) is 5.99. The molecule has 0 fully saturated rings. The summed E-state index contributed by atoms with van der Waals surface area (Å²) in [4.78, 5) is 12.8. The van der Waals surface area contributed by atoms with Gasteiger partial charge in [-0.05, 0) is 39.8 Å². The first-order chi connectivity index (χ1) is 18.3. The summed E-state index contributed by atoms with van der Waals surface area (Å²) >= 11 is 0. The molecule has 2 aromatic carbocycles. The average Bonchev–Trinajstić information content (AvgIpc) is 2.94. The topological polar surface area (TPSA) is 172 Å². The number of anilines is 4. The van der Waals surface area contributed by atoms with Crippen LogP contribution in [0.2, 0.25) is 0 Å². The molecule has 6 N–H and O–H groups in total. The van der Waals surface area contributed by atoms with Crippen molar-refractivity contribution in [2.24, 2.45) is 25.9 Å². The lowest BCUT2D eigenvalue weighted by molar-refractivity contribution is 0.414. The zero-order chi connectivity index (χ0) is 28.2. The van der Waals surface area contributed by atoms with Crippen LogP contribution in [0.1, 0.15) is 27.7 Å². The smallest absolute Gasteiger partial charge is 0.225 e. The Kier molecular flexibility index (Phi) is 11.3. The normalized spacial score (nSPS) is 11.6. The van der Waals surface area contributed by atoms with Gasteiger partial charge in [-0.2, -0.15) is 15.2 Å². The molecule has 2 aromatic rings. The van der Waals surface area contributed by atoms with Crippen LogP contribution in [-0.2, 0) is 0 Å². The number of guanidine groups is 2. The molecule has 0 amide bonds. The minimum atomic E-state index is 0.0282. The largest absolute Gasteiger partial charge is 0.494 e. The van der Waals surface area contributed by atoms with Gasteiger partial charge < -0.3 is 35.6 Å². The number of hydrogen-bond donors (Lipinski definition) is 5. The highest BCUT2D eigenvalue weighted by Crippen LogP contribution is 2.40. The maximum atomic E-state index is 7.64. The molecular weight excluding hydrogens is 486 g/mol. The molecular formula is C25H39N11O2. The summed E-state index contributed by atoms with van der Waals surface area (Å²) in [7, 11) is 4.74. The Morgan fingerprint density at radius 3 is 1.55 bits per heavy atom. The van der Waals surface area contributed by atoms with Crippen molar-refractivity contribution in [1.82, 2.24) is 0 Å². The second kappa shape index (κ2) is 14.4. The van der Waals surface area contributed by atoms with Crippen LogP contribution < -0.4 is 35.6 Å². The first kappa shape index (κ1) is 29.8. The van der Waals surface area contributed by atoms with Gasteiger partial charge in [0.2, 0.25) is 11.9 Å². The van der Waals surface area contributed by atoms with Gasteiger partial charge in [-0.3, -0.25) is 4.99 Å². The number of nitrogens with one attached hydrogen (secondary N) is 4. The monoisotopic (exact) mass is 525 g/mol. The molecule has 0 unspecified atom stereocenters. The lowest BCUT2D eigenvalue weighted by Gasteiger charge is -2.25. The molecule has 13 heteroatoms. The van der Waals surface area contributed by atoms with E-state index in [1.54, 1.807) is 33.4 Å². The number of hydrogen-bond acceptors (Lipinski definition) is 9. The Bertz CT molecular complexity index is 1170. The highest BCUT2D eigenvalue weighted by atomic mass is 16.5. The molecule has 0 aliphatic heterocycles. The predicted molar refractivity (Wildman–Crippen MR) is 155 cm³/mol. The van der Waals surface area contributed by atoms with Crippen molar-refractivity contribution in [2.45, 2.75) is 27.7 Å². The highest BCUT2D eigenvalue weighted by Gasteiger charge is 2.17. The Morgan fingerprint density at radius 1 is 0.789 bits per heavy atom. The molecule has 0 radical (unpaired) electrons. The van der Waals surface area contributed by atoms with Gasteiger partial charge in [0.15, 0.2) is 0 Å². The van der Waals surface area contributed by atoms with E-state index in [4.69, 9.17) is 26.3 Å². The average molecular weight is 526 g/mol. The quantitative estimate of drug-likeness (QED) is 0.137. The molecule has 0 aliphatic rings. The van der Waals surface area contributed by atoms with Crippen molar-refractivity contribution in [3.63, 3.8) is 0 Å². The minimum absolute atomic E-state index is 0.0282. The standard InChI is InChI=1S/C25H39N11O2/c1-8-35(9-2)20-12-16(18(33-27)14-22(20)37-6)30-24(26)32-25(29-5)31-17-13-21(36(10-3)11-4)23(38-7)15-19(17)34-28/h12-15,27-28H,8-11H2,1-7H3,(H4,26,29,30,31,32). The Balaban J connectivity index is 2.44. The van der Waals surface area contributed by atoms with E-state index >= 15 is 0 Å². The van der Waals surface area contributed by atoms with Gasteiger partial charge >= 0.3 is 0 Å². The van der Waals surface area contributed by atoms with Crippen molar-refractivity contribution in [1.29, 1.82) is 11.1 Å². The summed E-state index contributed by atoms with van der Waals surface area (Å²) in [6, 6.07) is 7.04. The Morgan fingerprint density at radius 2 is 1.21 bits per heavy atom. The number of benzene rings is 2. The fraction of sp³-hybridized carbons (Fsp3) is 0.440. The van der Waals surface area contributed by atoms with Crippen LogP contribution in [0.15, 0.2) is 44.5 Å². The third kappa shape index (κ3) is 6.87. The van der Waals surface area contributed by atoms with E-state index in [-0.39, 0.29) is 11.9 Å². The predicted octanol–water partition coefficient (Wildman–Crippen LogP) is 5.55. The van der Waals surface area contributed by atoms with Crippen molar-refractivity contribution in [2.75, 3.05) is 67.9 Å². The fourth-order valence-corrected chi connectivity index (χ4v) is 3.98. The molecule has 2 rings (SSSR count). The molecule has 38 heavy (non-hydrogen) atoms. The van der Waals surface area contributed by atoms with E-state index in [2.05, 4.69) is 54.5 Å². The number of ether oxygens (including phenoxy) is 2. The van der Waals surface area contributed by atoms with Crippen LogP contribution >= 0.6 is 0 Å². The minimum Gasteiger partial charge on any atom is -0.494 e. The summed E-state index contributed by atoms with van der Waals surface area (Å²) in [5.41, 5.74) is 24.9. The Labute approximate surface area is 224 Å².